The number of piperidine rings is 1. The van der Waals surface area contributed by atoms with Crippen molar-refractivity contribution in [1.29, 1.82) is 0 Å². The lowest BCUT2D eigenvalue weighted by Crippen LogP contribution is -2.38. The summed E-state index contributed by atoms with van der Waals surface area (Å²) in [5, 5.41) is 6.05. The van der Waals surface area contributed by atoms with Gasteiger partial charge in [0.1, 0.15) is 0 Å². The van der Waals surface area contributed by atoms with Crippen molar-refractivity contribution < 1.29 is 9.59 Å². The molecule has 1 heterocycles. The quantitative estimate of drug-likeness (QED) is 0.543. The van der Waals surface area contributed by atoms with Crippen molar-refractivity contribution in [2.45, 2.75) is 32.7 Å². The van der Waals surface area contributed by atoms with Crippen molar-refractivity contribution in [3.05, 3.63) is 95.6 Å². The van der Waals surface area contributed by atoms with E-state index in [4.69, 9.17) is 0 Å². The highest BCUT2D eigenvalue weighted by Gasteiger charge is 2.26. The molecule has 33 heavy (non-hydrogen) atoms. The van der Waals surface area contributed by atoms with Gasteiger partial charge in [0.15, 0.2) is 0 Å². The van der Waals surface area contributed by atoms with Crippen LogP contribution in [0.25, 0.3) is 0 Å². The molecule has 3 aromatic carbocycles. The van der Waals surface area contributed by atoms with Crippen molar-refractivity contribution in [2.24, 2.45) is 5.92 Å². The maximum absolute atomic E-state index is 13.0. The minimum atomic E-state index is -0.198. The van der Waals surface area contributed by atoms with Crippen LogP contribution < -0.4 is 15.5 Å². The Kier molecular flexibility index (Phi) is 7.08. The second-order valence-corrected chi connectivity index (χ2v) is 8.74. The summed E-state index contributed by atoms with van der Waals surface area (Å²) in [7, 11) is 0. The Labute approximate surface area is 195 Å². The highest BCUT2D eigenvalue weighted by atomic mass is 16.2. The lowest BCUT2D eigenvalue weighted by Gasteiger charge is -2.33. The Morgan fingerprint density at radius 2 is 1.52 bits per heavy atom. The van der Waals surface area contributed by atoms with Gasteiger partial charge in [0, 0.05) is 24.7 Å². The van der Waals surface area contributed by atoms with E-state index < -0.39 is 0 Å². The highest BCUT2D eigenvalue weighted by molar-refractivity contribution is 6.04. The number of nitrogens with zero attached hydrogens (tertiary/aromatic N) is 1. The Hall–Kier alpha value is -3.60. The van der Waals surface area contributed by atoms with Crippen LogP contribution in [-0.2, 0) is 4.79 Å². The molecule has 1 aliphatic heterocycles. The minimum absolute atomic E-state index is 0.0186. The molecule has 1 saturated heterocycles. The summed E-state index contributed by atoms with van der Waals surface area (Å²) in [6.07, 6.45) is 1.58. The lowest BCUT2D eigenvalue weighted by atomic mass is 9.95. The number of carbonyl (C=O) groups excluding carboxylic acids is 2. The predicted octanol–water partition coefficient (Wildman–Crippen LogP) is 5.34. The molecule has 170 valence electrons. The molecule has 2 N–H and O–H groups in total. The molecule has 0 saturated carbocycles. The second-order valence-electron chi connectivity index (χ2n) is 8.74. The molecule has 0 aliphatic carbocycles. The number of aryl methyl sites for hydroxylation is 1. The fourth-order valence-corrected chi connectivity index (χ4v) is 4.28. The molecule has 0 bridgehead atoms. The second kappa shape index (κ2) is 10.3. The van der Waals surface area contributed by atoms with E-state index in [1.165, 1.54) is 11.3 Å². The van der Waals surface area contributed by atoms with Gasteiger partial charge in [-0.1, -0.05) is 60.2 Å². The molecule has 0 radical (unpaired) electrons. The van der Waals surface area contributed by atoms with Crippen LogP contribution in [0.5, 0.6) is 0 Å². The van der Waals surface area contributed by atoms with Gasteiger partial charge in [-0.3, -0.25) is 9.59 Å². The maximum atomic E-state index is 13.0. The van der Waals surface area contributed by atoms with E-state index in [-0.39, 0.29) is 23.8 Å². The standard InChI is InChI=1S/C28H31N3O2/c1-20-12-14-24(15-13-20)31-18-16-23(17-19-31)27(32)30-26-11-7-6-10-25(26)28(33)29-21(2)22-8-4-3-5-9-22/h3-15,21,23H,16-19H2,1-2H3,(H,29,33)(H,30,32). The largest absolute Gasteiger partial charge is 0.371 e. The summed E-state index contributed by atoms with van der Waals surface area (Å²) in [6, 6.07) is 25.4. The van der Waals surface area contributed by atoms with E-state index in [0.717, 1.165) is 31.5 Å². The first-order valence-corrected chi connectivity index (χ1v) is 11.6. The molecule has 0 spiro atoms. The van der Waals surface area contributed by atoms with Gasteiger partial charge in [-0.15, -0.1) is 0 Å². The summed E-state index contributed by atoms with van der Waals surface area (Å²) in [5.41, 5.74) is 4.52. The summed E-state index contributed by atoms with van der Waals surface area (Å²) < 4.78 is 0. The van der Waals surface area contributed by atoms with Crippen LogP contribution in [0.2, 0.25) is 0 Å². The molecule has 1 atom stereocenters. The fourth-order valence-electron chi connectivity index (χ4n) is 4.28. The SMILES string of the molecule is Cc1ccc(N2CCC(C(=O)Nc3ccccc3C(=O)NC(C)c3ccccc3)CC2)cc1. The number of para-hydroxylation sites is 1. The van der Waals surface area contributed by atoms with Gasteiger partial charge in [0.05, 0.1) is 17.3 Å². The molecule has 5 nitrogen and oxygen atoms in total. The van der Waals surface area contributed by atoms with Crippen LogP contribution in [0.1, 0.15) is 47.3 Å². The molecular weight excluding hydrogens is 410 g/mol. The van der Waals surface area contributed by atoms with Gasteiger partial charge in [-0.2, -0.15) is 0 Å². The summed E-state index contributed by atoms with van der Waals surface area (Å²) in [4.78, 5) is 28.3. The average molecular weight is 442 g/mol. The van der Waals surface area contributed by atoms with Crippen LogP contribution >= 0.6 is 0 Å². The number of rotatable bonds is 6. The molecule has 5 heteroatoms. The summed E-state index contributed by atoms with van der Waals surface area (Å²) in [5.74, 6) is -0.280. The third kappa shape index (κ3) is 5.61. The maximum Gasteiger partial charge on any atom is 0.253 e. The third-order valence-corrected chi connectivity index (χ3v) is 6.34. The van der Waals surface area contributed by atoms with Crippen LogP contribution in [0, 0.1) is 12.8 Å². The molecule has 3 aromatic rings. The van der Waals surface area contributed by atoms with Crippen molar-refractivity contribution in [3.63, 3.8) is 0 Å². The Morgan fingerprint density at radius 1 is 0.879 bits per heavy atom. The zero-order valence-electron chi connectivity index (χ0n) is 19.3. The molecule has 1 aliphatic rings. The molecule has 1 fully saturated rings. The summed E-state index contributed by atoms with van der Waals surface area (Å²) in [6.45, 7) is 5.73. The van der Waals surface area contributed by atoms with Gasteiger partial charge >= 0.3 is 0 Å². The monoisotopic (exact) mass is 441 g/mol. The average Bonchev–Trinajstić information content (AvgIpc) is 2.85. The first-order valence-electron chi connectivity index (χ1n) is 11.6. The van der Waals surface area contributed by atoms with Gasteiger partial charge in [-0.05, 0) is 56.5 Å². The van der Waals surface area contributed by atoms with E-state index in [2.05, 4.69) is 46.7 Å². The van der Waals surface area contributed by atoms with Gasteiger partial charge < -0.3 is 15.5 Å². The molecule has 4 rings (SSSR count). The van der Waals surface area contributed by atoms with Crippen molar-refractivity contribution >= 4 is 23.2 Å². The van der Waals surface area contributed by atoms with Crippen LogP contribution in [0.4, 0.5) is 11.4 Å². The number of benzene rings is 3. The normalized spacial score (nSPS) is 15.0. The zero-order chi connectivity index (χ0) is 23.2. The summed E-state index contributed by atoms with van der Waals surface area (Å²) >= 11 is 0. The fraction of sp³-hybridized carbons (Fsp3) is 0.286. The zero-order valence-corrected chi connectivity index (χ0v) is 19.3. The number of hydrogen-bond donors (Lipinski definition) is 2. The lowest BCUT2D eigenvalue weighted by molar-refractivity contribution is -0.120. The van der Waals surface area contributed by atoms with Gasteiger partial charge in [-0.25, -0.2) is 0 Å². The molecule has 2 amide bonds. The molecular formula is C28H31N3O2. The van der Waals surface area contributed by atoms with Crippen molar-refractivity contribution in [1.82, 2.24) is 5.32 Å². The van der Waals surface area contributed by atoms with Gasteiger partial charge in [0.25, 0.3) is 5.91 Å². The van der Waals surface area contributed by atoms with E-state index in [1.54, 1.807) is 12.1 Å². The number of anilines is 2. The molecule has 1 unspecified atom stereocenters. The number of amides is 2. The number of hydrogen-bond acceptors (Lipinski definition) is 3. The third-order valence-electron chi connectivity index (χ3n) is 6.34. The van der Waals surface area contributed by atoms with E-state index in [0.29, 0.717) is 11.3 Å². The highest BCUT2D eigenvalue weighted by Crippen LogP contribution is 2.26. The van der Waals surface area contributed by atoms with Crippen LogP contribution in [0.15, 0.2) is 78.9 Å². The predicted molar refractivity (Wildman–Crippen MR) is 134 cm³/mol. The first-order chi connectivity index (χ1) is 16.0. The van der Waals surface area contributed by atoms with Crippen LogP contribution in [0.3, 0.4) is 0 Å². The smallest absolute Gasteiger partial charge is 0.253 e. The number of carbonyl (C=O) groups is 2. The number of nitrogens with one attached hydrogen (secondary N) is 2. The van der Waals surface area contributed by atoms with Crippen molar-refractivity contribution in [3.8, 4) is 0 Å². The van der Waals surface area contributed by atoms with Crippen molar-refractivity contribution in [2.75, 3.05) is 23.3 Å². The van der Waals surface area contributed by atoms with Crippen LogP contribution in [-0.4, -0.2) is 24.9 Å². The first kappa shape index (κ1) is 22.6. The Balaban J connectivity index is 1.37. The van der Waals surface area contributed by atoms with E-state index >= 15 is 0 Å². The topological polar surface area (TPSA) is 61.4 Å². The Bertz CT molecular complexity index is 1090. The van der Waals surface area contributed by atoms with Gasteiger partial charge in [0.2, 0.25) is 5.91 Å². The Morgan fingerprint density at radius 3 is 2.21 bits per heavy atom. The van der Waals surface area contributed by atoms with E-state index in [1.807, 2.05) is 49.4 Å². The van der Waals surface area contributed by atoms with E-state index in [9.17, 15) is 9.59 Å². The minimum Gasteiger partial charge on any atom is -0.371 e. The molecule has 0 aromatic heterocycles.